The van der Waals surface area contributed by atoms with Gasteiger partial charge in [-0.2, -0.15) is 0 Å². The molecule has 1 atom stereocenters. The van der Waals surface area contributed by atoms with Gasteiger partial charge in [0.1, 0.15) is 5.54 Å². The van der Waals surface area contributed by atoms with E-state index in [9.17, 15) is 4.79 Å². The number of nitrogens with one attached hydrogen (secondary N) is 2. The number of ketones is 1. The summed E-state index contributed by atoms with van der Waals surface area (Å²) in [7, 11) is 0. The van der Waals surface area contributed by atoms with Crippen LogP contribution in [0.1, 0.15) is 29.3 Å². The molecule has 1 heterocycles. The van der Waals surface area contributed by atoms with Crippen LogP contribution in [0, 0.1) is 10.8 Å². The van der Waals surface area contributed by atoms with E-state index < -0.39 is 17.5 Å². The van der Waals surface area contributed by atoms with E-state index in [1.165, 1.54) is 0 Å². The smallest absolute Gasteiger partial charge is 0.196 e. The Kier molecular flexibility index (Phi) is 6.91. The van der Waals surface area contributed by atoms with Crippen molar-refractivity contribution >= 4 is 23.4 Å². The Morgan fingerprint density at radius 3 is 2.13 bits per heavy atom. The molecule has 31 heavy (non-hydrogen) atoms. The summed E-state index contributed by atoms with van der Waals surface area (Å²) in [6, 6.07) is 16.9. The molecule has 0 radical (unpaired) electrons. The number of rotatable bonds is 7. The van der Waals surface area contributed by atoms with Gasteiger partial charge >= 0.3 is 0 Å². The third-order valence-corrected chi connectivity index (χ3v) is 5.76. The monoisotopic (exact) mass is 422 g/mol. The second-order valence-electron chi connectivity index (χ2n) is 7.63. The van der Waals surface area contributed by atoms with Crippen LogP contribution in [0.4, 0.5) is 5.69 Å². The molecule has 6 N–H and O–H groups in total. The van der Waals surface area contributed by atoms with Crippen molar-refractivity contribution in [2.75, 3.05) is 31.2 Å². The van der Waals surface area contributed by atoms with Crippen LogP contribution in [0.25, 0.3) is 0 Å². The predicted octanol–water partition coefficient (Wildman–Crippen LogP) is 2.19. The molecule has 0 bridgehead atoms. The van der Waals surface area contributed by atoms with Gasteiger partial charge in [0.2, 0.25) is 0 Å². The fourth-order valence-corrected chi connectivity index (χ4v) is 4.14. The van der Waals surface area contributed by atoms with Crippen molar-refractivity contribution in [3.63, 3.8) is 0 Å². The minimum Gasteiger partial charge on any atom is -0.378 e. The van der Waals surface area contributed by atoms with E-state index in [-0.39, 0.29) is 12.2 Å². The van der Waals surface area contributed by atoms with Gasteiger partial charge in [-0.3, -0.25) is 20.5 Å². The Hall–Kier alpha value is -3.39. The van der Waals surface area contributed by atoms with E-state index in [4.69, 9.17) is 27.0 Å². The van der Waals surface area contributed by atoms with Crippen molar-refractivity contribution in [1.29, 1.82) is 10.8 Å². The first kappa shape index (κ1) is 22.3. The largest absolute Gasteiger partial charge is 0.378 e. The number of hydrogen-bond acceptors (Lipinski definition) is 5. The maximum Gasteiger partial charge on any atom is 0.196 e. The third kappa shape index (κ3) is 4.69. The lowest BCUT2D eigenvalue weighted by atomic mass is 9.79. The van der Waals surface area contributed by atoms with Crippen molar-refractivity contribution in [3.05, 3.63) is 65.7 Å². The number of Topliss-reactive ketones (excluding diaryl/α,β-unsaturated/α-hetero) is 1. The molecule has 0 aliphatic carbocycles. The van der Waals surface area contributed by atoms with Crippen LogP contribution >= 0.6 is 0 Å². The number of morpholine rings is 1. The molecule has 0 aromatic heterocycles. The van der Waals surface area contributed by atoms with Crippen molar-refractivity contribution in [2.45, 2.75) is 25.3 Å². The Morgan fingerprint density at radius 1 is 1.03 bits per heavy atom. The van der Waals surface area contributed by atoms with Crippen molar-refractivity contribution in [3.8, 4) is 0 Å². The second kappa shape index (κ2) is 9.61. The van der Waals surface area contributed by atoms with E-state index in [0.29, 0.717) is 25.2 Å². The minimum atomic E-state index is -1.28. The zero-order valence-electron chi connectivity index (χ0n) is 17.8. The van der Waals surface area contributed by atoms with E-state index in [1.807, 2.05) is 49.4 Å². The first-order valence-corrected chi connectivity index (χ1v) is 10.4. The Labute approximate surface area is 182 Å². The molecule has 8 nitrogen and oxygen atoms in total. The second-order valence-corrected chi connectivity index (χ2v) is 7.63. The first-order chi connectivity index (χ1) is 14.9. The van der Waals surface area contributed by atoms with Gasteiger partial charge in [0.25, 0.3) is 0 Å². The number of anilines is 1. The van der Waals surface area contributed by atoms with Gasteiger partial charge in [-0.1, -0.05) is 37.3 Å². The number of carbonyl (C=O) groups excluding carboxylic acids is 1. The molecule has 1 aliphatic rings. The number of benzene rings is 2. The Morgan fingerprint density at radius 2 is 1.61 bits per heavy atom. The summed E-state index contributed by atoms with van der Waals surface area (Å²) in [6.07, 6.45) is 0.596. The van der Waals surface area contributed by atoms with Crippen LogP contribution < -0.4 is 16.4 Å². The van der Waals surface area contributed by atoms with Crippen LogP contribution in [-0.4, -0.2) is 54.4 Å². The fourth-order valence-electron chi connectivity index (χ4n) is 4.14. The van der Waals surface area contributed by atoms with Gasteiger partial charge < -0.3 is 21.1 Å². The van der Waals surface area contributed by atoms with Gasteiger partial charge in [0.05, 0.1) is 13.2 Å². The highest BCUT2D eigenvalue weighted by atomic mass is 16.5. The van der Waals surface area contributed by atoms with Gasteiger partial charge in [-0.25, -0.2) is 0 Å². The minimum absolute atomic E-state index is 0.224. The molecule has 0 spiro atoms. The number of guanidine groups is 2. The predicted molar refractivity (Wildman–Crippen MR) is 123 cm³/mol. The molecule has 3 rings (SSSR count). The maximum atomic E-state index is 13.9. The highest BCUT2D eigenvalue weighted by Gasteiger charge is 2.45. The lowest BCUT2D eigenvalue weighted by Gasteiger charge is -2.41. The molecule has 1 fully saturated rings. The van der Waals surface area contributed by atoms with Crippen LogP contribution in [0.15, 0.2) is 54.6 Å². The van der Waals surface area contributed by atoms with Crippen molar-refractivity contribution in [2.24, 2.45) is 11.5 Å². The fraction of sp³-hybridized carbons (Fsp3) is 0.348. The number of nitrogens with zero attached hydrogens (tertiary/aromatic N) is 2. The van der Waals surface area contributed by atoms with Crippen LogP contribution in [-0.2, 0) is 11.2 Å². The summed E-state index contributed by atoms with van der Waals surface area (Å²) in [5.41, 5.74) is 12.8. The summed E-state index contributed by atoms with van der Waals surface area (Å²) in [4.78, 5) is 17.2. The first-order valence-electron chi connectivity index (χ1n) is 10.4. The highest BCUT2D eigenvalue weighted by molar-refractivity contribution is 6.09. The average molecular weight is 423 g/mol. The molecular formula is C23H30N6O2. The molecule has 1 unspecified atom stereocenters. The molecule has 0 amide bonds. The van der Waals surface area contributed by atoms with E-state index in [2.05, 4.69) is 4.90 Å². The zero-order valence-corrected chi connectivity index (χ0v) is 17.8. The van der Waals surface area contributed by atoms with Gasteiger partial charge in [0.15, 0.2) is 17.7 Å². The van der Waals surface area contributed by atoms with E-state index in [0.717, 1.165) is 29.2 Å². The van der Waals surface area contributed by atoms with Crippen molar-refractivity contribution < 1.29 is 9.53 Å². The van der Waals surface area contributed by atoms with Crippen LogP contribution in [0.3, 0.4) is 0 Å². The van der Waals surface area contributed by atoms with Gasteiger partial charge in [0, 0.05) is 30.8 Å². The molecule has 164 valence electrons. The Bertz CT molecular complexity index is 911. The normalized spacial score (nSPS) is 15.7. The van der Waals surface area contributed by atoms with Gasteiger partial charge in [-0.05, 0) is 36.2 Å². The lowest BCUT2D eigenvalue weighted by molar-refractivity contribution is 0.0779. The summed E-state index contributed by atoms with van der Waals surface area (Å²) in [5, 5.41) is 16.1. The average Bonchev–Trinajstić information content (AvgIpc) is 2.79. The molecule has 0 saturated carbocycles. The third-order valence-electron chi connectivity index (χ3n) is 5.76. The highest BCUT2D eigenvalue weighted by Crippen LogP contribution is 2.30. The number of ether oxygens (including phenoxy) is 1. The van der Waals surface area contributed by atoms with Crippen molar-refractivity contribution in [1.82, 2.24) is 4.90 Å². The van der Waals surface area contributed by atoms with Crippen LogP contribution in [0.5, 0.6) is 0 Å². The number of hydrogen-bond donors (Lipinski definition) is 4. The molecular weight excluding hydrogens is 392 g/mol. The molecule has 2 aromatic rings. The Balaban J connectivity index is 2.00. The standard InChI is InChI=1S/C23H30N6O2/c1-2-23(29(21(24)25)22(26)27,16-17-6-4-3-5-7-17)20(30)18-8-10-19(11-9-18)28-12-14-31-15-13-28/h3-11H,2,12-16H2,1H3,(H3,24,25)(H3,26,27). The summed E-state index contributed by atoms with van der Waals surface area (Å²) < 4.78 is 5.40. The molecule has 1 aliphatic heterocycles. The summed E-state index contributed by atoms with van der Waals surface area (Å²) in [5.74, 6) is -1.08. The molecule has 2 aromatic carbocycles. The van der Waals surface area contributed by atoms with Gasteiger partial charge in [-0.15, -0.1) is 0 Å². The zero-order chi connectivity index (χ0) is 22.4. The summed E-state index contributed by atoms with van der Waals surface area (Å²) in [6.45, 7) is 4.83. The maximum absolute atomic E-state index is 13.9. The molecule has 8 heteroatoms. The number of carbonyl (C=O) groups is 1. The SMILES string of the molecule is CCC(Cc1ccccc1)(C(=O)c1ccc(N2CCOCC2)cc1)N(C(=N)N)C(=N)N. The molecule has 1 saturated heterocycles. The quantitative estimate of drug-likeness (QED) is 0.307. The number of nitrogens with two attached hydrogens (primary N) is 2. The lowest BCUT2D eigenvalue weighted by Crippen LogP contribution is -2.63. The summed E-state index contributed by atoms with van der Waals surface area (Å²) >= 11 is 0. The van der Waals surface area contributed by atoms with Crippen LogP contribution in [0.2, 0.25) is 0 Å². The topological polar surface area (TPSA) is 133 Å². The van der Waals surface area contributed by atoms with E-state index >= 15 is 0 Å². The van der Waals surface area contributed by atoms with E-state index in [1.54, 1.807) is 12.1 Å².